The Labute approximate surface area is 110 Å². The van der Waals surface area contributed by atoms with Gasteiger partial charge in [0.25, 0.3) is 5.56 Å². The third kappa shape index (κ3) is 1.71. The topological polar surface area (TPSA) is 42.2 Å². The molecular weight excluding hydrogens is 238 g/mol. The molecule has 0 aliphatic rings. The van der Waals surface area contributed by atoms with Gasteiger partial charge in [0.05, 0.1) is 5.52 Å². The first-order chi connectivity index (χ1) is 9.20. The lowest BCUT2D eigenvalue weighted by Crippen LogP contribution is -2.17. The van der Waals surface area contributed by atoms with E-state index < -0.39 is 0 Å². The van der Waals surface area contributed by atoms with Crippen molar-refractivity contribution in [1.82, 2.24) is 4.57 Å². The Kier molecular flexibility index (Phi) is 2.60. The summed E-state index contributed by atoms with van der Waals surface area (Å²) in [4.78, 5) is 12.1. The highest BCUT2D eigenvalue weighted by Crippen LogP contribution is 2.33. The molecule has 3 aromatic rings. The molecule has 0 aliphatic heterocycles. The molecule has 0 amide bonds. The molecule has 0 bridgehead atoms. The van der Waals surface area contributed by atoms with E-state index in [1.165, 1.54) is 4.57 Å². The molecule has 0 fully saturated rings. The van der Waals surface area contributed by atoms with Crippen LogP contribution in [-0.4, -0.2) is 9.67 Å². The minimum absolute atomic E-state index is 0.201. The van der Waals surface area contributed by atoms with Crippen molar-refractivity contribution >= 4 is 10.9 Å². The molecule has 2 aromatic carbocycles. The second kappa shape index (κ2) is 4.28. The van der Waals surface area contributed by atoms with Crippen LogP contribution in [-0.2, 0) is 7.05 Å². The van der Waals surface area contributed by atoms with E-state index in [1.54, 1.807) is 7.05 Å². The van der Waals surface area contributed by atoms with Crippen LogP contribution in [0.25, 0.3) is 22.0 Å². The fourth-order valence-electron chi connectivity index (χ4n) is 2.38. The molecule has 0 spiro atoms. The average molecular weight is 251 g/mol. The third-order valence-corrected chi connectivity index (χ3v) is 3.34. The van der Waals surface area contributed by atoms with Gasteiger partial charge in [0.2, 0.25) is 0 Å². The Hall–Kier alpha value is -2.55. The molecule has 19 heavy (non-hydrogen) atoms. The van der Waals surface area contributed by atoms with Gasteiger partial charge >= 0.3 is 0 Å². The average Bonchev–Trinajstić information content (AvgIpc) is 2.46. The minimum atomic E-state index is -0.377. The first kappa shape index (κ1) is 11.5. The second-order valence-electron chi connectivity index (χ2n) is 4.47. The fraction of sp³-hybridized carbons (Fsp3) is 0.0625. The van der Waals surface area contributed by atoms with E-state index in [4.69, 9.17) is 0 Å². The van der Waals surface area contributed by atoms with Crippen molar-refractivity contribution in [2.45, 2.75) is 0 Å². The molecule has 3 nitrogen and oxygen atoms in total. The number of hydrogen-bond donors (Lipinski definition) is 1. The largest absolute Gasteiger partial charge is 0.503 e. The van der Waals surface area contributed by atoms with Gasteiger partial charge in [0.1, 0.15) is 0 Å². The van der Waals surface area contributed by atoms with Gasteiger partial charge in [-0.05, 0) is 11.6 Å². The smallest absolute Gasteiger partial charge is 0.293 e. The van der Waals surface area contributed by atoms with Crippen LogP contribution in [0.15, 0.2) is 59.4 Å². The predicted octanol–water partition coefficient (Wildman–Crippen LogP) is 2.91. The summed E-state index contributed by atoms with van der Waals surface area (Å²) in [5.74, 6) is -0.201. The van der Waals surface area contributed by atoms with Gasteiger partial charge in [-0.3, -0.25) is 4.79 Å². The maximum Gasteiger partial charge on any atom is 0.293 e. The zero-order valence-electron chi connectivity index (χ0n) is 10.5. The van der Waals surface area contributed by atoms with Crippen molar-refractivity contribution in [2.75, 3.05) is 0 Å². The van der Waals surface area contributed by atoms with Gasteiger partial charge in [-0.2, -0.15) is 0 Å². The van der Waals surface area contributed by atoms with Gasteiger partial charge < -0.3 is 9.67 Å². The molecule has 0 unspecified atom stereocenters. The molecular formula is C16H13NO2. The Morgan fingerprint density at radius 1 is 0.947 bits per heavy atom. The molecule has 0 saturated carbocycles. The molecule has 0 atom stereocenters. The quantitative estimate of drug-likeness (QED) is 0.722. The molecule has 3 rings (SSSR count). The van der Waals surface area contributed by atoms with Crippen LogP contribution in [0.4, 0.5) is 0 Å². The summed E-state index contributed by atoms with van der Waals surface area (Å²) in [5.41, 5.74) is 1.87. The number of para-hydroxylation sites is 1. The summed E-state index contributed by atoms with van der Waals surface area (Å²) in [6.45, 7) is 0. The fourth-order valence-corrected chi connectivity index (χ4v) is 2.38. The molecule has 3 heteroatoms. The standard InChI is InChI=1S/C16H13NO2/c1-17-13-10-6-5-9-12(13)14(15(18)16(17)19)11-7-3-2-4-8-11/h2-10,18H,1H3. The maximum absolute atomic E-state index is 12.1. The summed E-state index contributed by atoms with van der Waals surface area (Å²) in [6.07, 6.45) is 0. The molecule has 1 heterocycles. The Bertz CT molecular complexity index is 804. The number of aromatic hydroxyl groups is 1. The van der Waals surface area contributed by atoms with Crippen molar-refractivity contribution in [3.8, 4) is 16.9 Å². The van der Waals surface area contributed by atoms with Crippen LogP contribution in [0.3, 0.4) is 0 Å². The number of aromatic nitrogens is 1. The van der Waals surface area contributed by atoms with Gasteiger partial charge in [-0.15, -0.1) is 0 Å². The zero-order valence-corrected chi connectivity index (χ0v) is 10.5. The van der Waals surface area contributed by atoms with E-state index in [2.05, 4.69) is 0 Å². The van der Waals surface area contributed by atoms with Crippen LogP contribution >= 0.6 is 0 Å². The molecule has 94 valence electrons. The molecule has 0 aliphatic carbocycles. The molecule has 0 radical (unpaired) electrons. The first-order valence-corrected chi connectivity index (χ1v) is 6.06. The number of benzene rings is 2. The van der Waals surface area contributed by atoms with Crippen LogP contribution in [0, 0.1) is 0 Å². The van der Waals surface area contributed by atoms with E-state index >= 15 is 0 Å². The lowest BCUT2D eigenvalue weighted by molar-refractivity contribution is 0.465. The van der Waals surface area contributed by atoms with Crippen molar-refractivity contribution < 1.29 is 5.11 Å². The third-order valence-electron chi connectivity index (χ3n) is 3.34. The highest BCUT2D eigenvalue weighted by Gasteiger charge is 2.15. The Balaban J connectivity index is 2.52. The minimum Gasteiger partial charge on any atom is -0.503 e. The van der Waals surface area contributed by atoms with Crippen molar-refractivity contribution in [1.29, 1.82) is 0 Å². The van der Waals surface area contributed by atoms with Crippen LogP contribution < -0.4 is 5.56 Å². The van der Waals surface area contributed by atoms with Crippen molar-refractivity contribution in [2.24, 2.45) is 7.05 Å². The number of hydrogen-bond acceptors (Lipinski definition) is 2. The summed E-state index contributed by atoms with van der Waals surface area (Å²) in [7, 11) is 1.67. The monoisotopic (exact) mass is 251 g/mol. The number of fused-ring (bicyclic) bond motifs is 1. The Morgan fingerprint density at radius 2 is 1.58 bits per heavy atom. The highest BCUT2D eigenvalue weighted by atomic mass is 16.3. The number of nitrogens with zero attached hydrogens (tertiary/aromatic N) is 1. The molecule has 1 aromatic heterocycles. The van der Waals surface area contributed by atoms with Crippen molar-refractivity contribution in [3.05, 3.63) is 65.0 Å². The molecule has 1 N–H and O–H groups in total. The SMILES string of the molecule is Cn1c(=O)c(O)c(-c2ccccc2)c2ccccc21. The highest BCUT2D eigenvalue weighted by molar-refractivity contribution is 5.97. The summed E-state index contributed by atoms with van der Waals surface area (Å²) >= 11 is 0. The van der Waals surface area contributed by atoms with Crippen molar-refractivity contribution in [3.63, 3.8) is 0 Å². The lowest BCUT2D eigenvalue weighted by Gasteiger charge is -2.12. The van der Waals surface area contributed by atoms with Gasteiger partial charge in [0.15, 0.2) is 5.75 Å². The summed E-state index contributed by atoms with van der Waals surface area (Å²) in [6, 6.07) is 17.0. The number of pyridine rings is 1. The van der Waals surface area contributed by atoms with Gasteiger partial charge in [0, 0.05) is 18.0 Å². The van der Waals surface area contributed by atoms with Crippen LogP contribution in [0.2, 0.25) is 0 Å². The lowest BCUT2D eigenvalue weighted by atomic mass is 10.00. The first-order valence-electron chi connectivity index (χ1n) is 6.06. The van der Waals surface area contributed by atoms with Crippen LogP contribution in [0.5, 0.6) is 5.75 Å². The van der Waals surface area contributed by atoms with Gasteiger partial charge in [-0.25, -0.2) is 0 Å². The van der Waals surface area contributed by atoms with E-state index in [1.807, 2.05) is 54.6 Å². The summed E-state index contributed by atoms with van der Waals surface area (Å²) in [5, 5.41) is 11.1. The van der Waals surface area contributed by atoms with E-state index in [0.29, 0.717) is 5.56 Å². The Morgan fingerprint density at radius 3 is 2.32 bits per heavy atom. The number of aryl methyl sites for hydroxylation is 1. The van der Waals surface area contributed by atoms with E-state index in [9.17, 15) is 9.90 Å². The van der Waals surface area contributed by atoms with Gasteiger partial charge in [-0.1, -0.05) is 48.5 Å². The second-order valence-corrected chi connectivity index (χ2v) is 4.47. The normalized spacial score (nSPS) is 10.8. The zero-order chi connectivity index (χ0) is 13.4. The molecule has 0 saturated heterocycles. The number of rotatable bonds is 1. The predicted molar refractivity (Wildman–Crippen MR) is 76.3 cm³/mol. The van der Waals surface area contributed by atoms with E-state index in [-0.39, 0.29) is 11.3 Å². The van der Waals surface area contributed by atoms with E-state index in [0.717, 1.165) is 16.5 Å². The van der Waals surface area contributed by atoms with Crippen LogP contribution in [0.1, 0.15) is 0 Å². The maximum atomic E-state index is 12.1. The summed E-state index contributed by atoms with van der Waals surface area (Å²) < 4.78 is 1.47.